The first-order valence-corrected chi connectivity index (χ1v) is 15.1. The van der Waals surface area contributed by atoms with E-state index in [-0.39, 0.29) is 5.91 Å². The Morgan fingerprint density at radius 3 is 2.57 bits per heavy atom. The highest BCUT2D eigenvalue weighted by molar-refractivity contribution is 7.99. The third kappa shape index (κ3) is 6.01. The average molecular weight is 584 g/mol. The summed E-state index contributed by atoms with van der Waals surface area (Å²) in [6, 6.07) is 19.3. The predicted octanol–water partition coefficient (Wildman–Crippen LogP) is 7.22. The molecule has 1 amide bonds. The van der Waals surface area contributed by atoms with E-state index in [0.717, 1.165) is 40.1 Å². The number of ether oxygens (including phenoxy) is 2. The van der Waals surface area contributed by atoms with E-state index in [4.69, 9.17) is 19.6 Å². The second kappa shape index (κ2) is 12.7. The summed E-state index contributed by atoms with van der Waals surface area (Å²) < 4.78 is 13.8. The van der Waals surface area contributed by atoms with Crippen molar-refractivity contribution in [3.8, 4) is 11.5 Å². The first-order chi connectivity index (χ1) is 20.3. The molecule has 1 aromatic heterocycles. The summed E-state index contributed by atoms with van der Waals surface area (Å²) in [7, 11) is 1.62. The molecular formula is C33H37N5O3S. The maximum absolute atomic E-state index is 14.0. The molecule has 5 rings (SSSR count). The molecule has 4 aromatic rings. The molecule has 0 radical (unpaired) electrons. The van der Waals surface area contributed by atoms with Gasteiger partial charge >= 0.3 is 0 Å². The van der Waals surface area contributed by atoms with E-state index < -0.39 is 6.04 Å². The van der Waals surface area contributed by atoms with Crippen LogP contribution in [-0.2, 0) is 11.4 Å². The van der Waals surface area contributed by atoms with Crippen molar-refractivity contribution in [3.63, 3.8) is 0 Å². The second-order valence-electron chi connectivity index (χ2n) is 10.4. The van der Waals surface area contributed by atoms with Crippen LogP contribution in [0.15, 0.2) is 77.1 Å². The lowest BCUT2D eigenvalue weighted by atomic mass is 9.94. The fraction of sp³-hybridized carbons (Fsp3) is 0.303. The zero-order valence-electron chi connectivity index (χ0n) is 24.9. The molecule has 3 aromatic carbocycles. The van der Waals surface area contributed by atoms with Gasteiger partial charge in [0.05, 0.1) is 12.7 Å². The summed E-state index contributed by atoms with van der Waals surface area (Å²) in [5.74, 6) is 2.49. The Bertz CT molecular complexity index is 1640. The lowest BCUT2D eigenvalue weighted by molar-refractivity contribution is -0.113. The molecule has 218 valence electrons. The minimum atomic E-state index is -0.533. The molecule has 0 saturated carbocycles. The molecule has 2 heterocycles. The van der Waals surface area contributed by atoms with Gasteiger partial charge in [-0.05, 0) is 80.1 Å². The number of aryl methyl sites for hydroxylation is 2. The summed E-state index contributed by atoms with van der Waals surface area (Å²) in [5.41, 5.74) is 7.29. The summed E-state index contributed by atoms with van der Waals surface area (Å²) >= 11 is 1.60. The van der Waals surface area contributed by atoms with Crippen LogP contribution >= 0.6 is 11.8 Å². The highest BCUT2D eigenvalue weighted by Crippen LogP contribution is 2.40. The van der Waals surface area contributed by atoms with Crippen molar-refractivity contribution in [2.45, 2.75) is 58.8 Å². The van der Waals surface area contributed by atoms with Crippen LogP contribution in [0.4, 0.5) is 11.6 Å². The third-order valence-corrected chi connectivity index (χ3v) is 8.56. The van der Waals surface area contributed by atoms with Crippen LogP contribution in [-0.4, -0.2) is 33.5 Å². The number of thioether (sulfide) groups is 1. The van der Waals surface area contributed by atoms with Crippen molar-refractivity contribution in [3.05, 3.63) is 99.8 Å². The Balaban J connectivity index is 1.53. The highest BCUT2D eigenvalue weighted by Gasteiger charge is 2.35. The van der Waals surface area contributed by atoms with Crippen LogP contribution in [0.3, 0.4) is 0 Å². The number of carbonyl (C=O) groups is 1. The number of aromatic nitrogens is 3. The lowest BCUT2D eigenvalue weighted by Crippen LogP contribution is -2.31. The van der Waals surface area contributed by atoms with Gasteiger partial charge in [0.1, 0.15) is 12.6 Å². The van der Waals surface area contributed by atoms with Gasteiger partial charge in [0.25, 0.3) is 5.91 Å². The molecule has 1 unspecified atom stereocenters. The Morgan fingerprint density at radius 1 is 1.02 bits per heavy atom. The fourth-order valence-corrected chi connectivity index (χ4v) is 5.65. The van der Waals surface area contributed by atoms with E-state index >= 15 is 0 Å². The van der Waals surface area contributed by atoms with Gasteiger partial charge in [-0.2, -0.15) is 4.98 Å². The number of nitrogens with one attached hydrogen (secondary N) is 2. The molecule has 0 aliphatic carbocycles. The molecule has 42 heavy (non-hydrogen) atoms. The van der Waals surface area contributed by atoms with E-state index in [1.165, 1.54) is 5.56 Å². The van der Waals surface area contributed by atoms with Gasteiger partial charge in [-0.1, -0.05) is 61.2 Å². The fourth-order valence-electron chi connectivity index (χ4n) is 4.97. The van der Waals surface area contributed by atoms with E-state index in [0.29, 0.717) is 40.5 Å². The van der Waals surface area contributed by atoms with Gasteiger partial charge in [-0.15, -0.1) is 5.10 Å². The number of anilines is 2. The van der Waals surface area contributed by atoms with Gasteiger partial charge in [0.15, 0.2) is 11.5 Å². The van der Waals surface area contributed by atoms with E-state index in [1.807, 2.05) is 69.3 Å². The van der Waals surface area contributed by atoms with Crippen molar-refractivity contribution in [2.24, 2.45) is 0 Å². The maximum atomic E-state index is 14.0. The molecule has 0 fully saturated rings. The van der Waals surface area contributed by atoms with Crippen LogP contribution in [0.25, 0.3) is 0 Å². The van der Waals surface area contributed by atoms with Gasteiger partial charge < -0.3 is 20.1 Å². The molecule has 0 spiro atoms. The molecule has 1 aliphatic heterocycles. The SMILES string of the molecule is CCCSc1nc2n(n1)C(c1ccc(OCc3ccccc3C)c(OC)c1)C(C(=O)Nc1cccc(C)c1C)=C(C)N2. The van der Waals surface area contributed by atoms with Gasteiger partial charge in [-0.3, -0.25) is 4.79 Å². The number of methoxy groups -OCH3 is 1. The van der Waals surface area contributed by atoms with Crippen LogP contribution < -0.4 is 20.1 Å². The summed E-state index contributed by atoms with van der Waals surface area (Å²) in [6.07, 6.45) is 1.01. The molecule has 8 nitrogen and oxygen atoms in total. The van der Waals surface area contributed by atoms with Crippen molar-refractivity contribution in [2.75, 3.05) is 23.5 Å². The number of allylic oxidation sites excluding steroid dienone is 1. The smallest absolute Gasteiger partial charge is 0.255 e. The monoisotopic (exact) mass is 583 g/mol. The van der Waals surface area contributed by atoms with Crippen molar-refractivity contribution < 1.29 is 14.3 Å². The molecule has 0 bridgehead atoms. The zero-order valence-corrected chi connectivity index (χ0v) is 25.8. The second-order valence-corrected chi connectivity index (χ2v) is 11.5. The minimum absolute atomic E-state index is 0.207. The molecular weight excluding hydrogens is 546 g/mol. The number of benzene rings is 3. The number of fused-ring (bicyclic) bond motifs is 1. The zero-order chi connectivity index (χ0) is 29.8. The van der Waals surface area contributed by atoms with E-state index in [1.54, 1.807) is 23.6 Å². The molecule has 1 atom stereocenters. The molecule has 9 heteroatoms. The quantitative estimate of drug-likeness (QED) is 0.191. The van der Waals surface area contributed by atoms with Gasteiger partial charge in [-0.25, -0.2) is 4.68 Å². The van der Waals surface area contributed by atoms with Crippen LogP contribution in [0.5, 0.6) is 11.5 Å². The van der Waals surface area contributed by atoms with Crippen LogP contribution in [0.2, 0.25) is 0 Å². The first-order valence-electron chi connectivity index (χ1n) is 14.1. The van der Waals surface area contributed by atoms with E-state index in [2.05, 4.69) is 36.6 Å². The minimum Gasteiger partial charge on any atom is -0.493 e. The average Bonchev–Trinajstić information content (AvgIpc) is 3.39. The molecule has 2 N–H and O–H groups in total. The number of rotatable bonds is 10. The largest absolute Gasteiger partial charge is 0.493 e. The Hall–Kier alpha value is -4.24. The normalized spacial score (nSPS) is 14.3. The van der Waals surface area contributed by atoms with Gasteiger partial charge in [0.2, 0.25) is 11.1 Å². The molecule has 1 aliphatic rings. The maximum Gasteiger partial charge on any atom is 0.255 e. The predicted molar refractivity (Wildman–Crippen MR) is 169 cm³/mol. The lowest BCUT2D eigenvalue weighted by Gasteiger charge is -2.29. The number of nitrogens with zero attached hydrogens (tertiary/aromatic N) is 3. The van der Waals surface area contributed by atoms with Crippen molar-refractivity contribution in [1.82, 2.24) is 14.8 Å². The summed E-state index contributed by atoms with van der Waals surface area (Å²) in [5, 5.41) is 12.0. The number of hydrogen-bond donors (Lipinski definition) is 2. The van der Waals surface area contributed by atoms with Crippen molar-refractivity contribution in [1.29, 1.82) is 0 Å². The van der Waals surface area contributed by atoms with Gasteiger partial charge in [0, 0.05) is 17.1 Å². The topological polar surface area (TPSA) is 90.3 Å². The van der Waals surface area contributed by atoms with Crippen LogP contribution in [0.1, 0.15) is 54.1 Å². The standard InChI is InChI=1S/C33H37N5O3S/c1-7-17-42-33-36-32-34-23(5)29(31(39)35-26-14-10-12-20(2)22(26)4)30(38(32)37-33)24-15-16-27(28(18-24)40-6)41-19-25-13-9-8-11-21(25)3/h8-16,18,30H,7,17,19H2,1-6H3,(H,35,39)(H,34,36,37). The number of amides is 1. The highest BCUT2D eigenvalue weighted by atomic mass is 32.2. The molecule has 0 saturated heterocycles. The van der Waals surface area contributed by atoms with E-state index in [9.17, 15) is 4.79 Å². The Labute approximate surface area is 251 Å². The van der Waals surface area contributed by atoms with Crippen LogP contribution in [0, 0.1) is 20.8 Å². The first kappa shape index (κ1) is 29.3. The van der Waals surface area contributed by atoms with Crippen molar-refractivity contribution >= 4 is 29.3 Å². The number of carbonyl (C=O) groups excluding carboxylic acids is 1. The summed E-state index contributed by atoms with van der Waals surface area (Å²) in [4.78, 5) is 18.7. The third-order valence-electron chi connectivity index (χ3n) is 7.51. The number of hydrogen-bond acceptors (Lipinski definition) is 7. The Morgan fingerprint density at radius 2 is 1.81 bits per heavy atom. The summed E-state index contributed by atoms with van der Waals surface area (Å²) in [6.45, 7) is 10.6. The Kier molecular flexibility index (Phi) is 8.87.